The average molecular weight is 176 g/mol. The summed E-state index contributed by atoms with van der Waals surface area (Å²) < 4.78 is 5.42. The van der Waals surface area contributed by atoms with E-state index in [9.17, 15) is 0 Å². The van der Waals surface area contributed by atoms with Crippen LogP contribution in [0.3, 0.4) is 0 Å². The summed E-state index contributed by atoms with van der Waals surface area (Å²) in [6.07, 6.45) is 7.16. The van der Waals surface area contributed by atoms with Crippen molar-refractivity contribution in [1.29, 1.82) is 0 Å². The van der Waals surface area contributed by atoms with Gasteiger partial charge in [0.2, 0.25) is 0 Å². The first-order valence-corrected chi connectivity index (χ1v) is 5.88. The van der Waals surface area contributed by atoms with Gasteiger partial charge >= 0.3 is 0 Å². The zero-order valence-electron chi connectivity index (χ0n) is 7.77. The van der Waals surface area contributed by atoms with Gasteiger partial charge in [-0.05, 0) is 24.9 Å². The van der Waals surface area contributed by atoms with E-state index < -0.39 is 0 Å². The van der Waals surface area contributed by atoms with Crippen LogP contribution in [0.1, 0.15) is 32.6 Å². The molecule has 0 N–H and O–H groups in total. The summed E-state index contributed by atoms with van der Waals surface area (Å²) in [5.74, 6) is 1.23. The third-order valence-corrected chi connectivity index (χ3v) is 2.23. The van der Waals surface area contributed by atoms with Crippen molar-refractivity contribution >= 4 is 11.8 Å². The van der Waals surface area contributed by atoms with E-state index in [0.29, 0.717) is 0 Å². The van der Waals surface area contributed by atoms with E-state index in [1.807, 2.05) is 11.8 Å². The van der Waals surface area contributed by atoms with Crippen molar-refractivity contribution in [1.82, 2.24) is 0 Å². The van der Waals surface area contributed by atoms with E-state index in [4.69, 9.17) is 4.74 Å². The molecule has 0 rings (SSSR count). The molecule has 68 valence electrons. The molecule has 0 saturated heterocycles. The minimum absolute atomic E-state index is 0.949. The number of unbranched alkanes of at least 4 members (excludes halogenated alkanes) is 2. The normalized spacial score (nSPS) is 10.4. The van der Waals surface area contributed by atoms with Crippen LogP contribution in [0, 0.1) is 0 Å². The van der Waals surface area contributed by atoms with Crippen LogP contribution >= 0.6 is 11.8 Å². The number of ether oxygens (including phenoxy) is 1. The molecule has 11 heavy (non-hydrogen) atoms. The van der Waals surface area contributed by atoms with Crippen LogP contribution < -0.4 is 0 Å². The van der Waals surface area contributed by atoms with Crippen LogP contribution in [0.5, 0.6) is 0 Å². The molecule has 0 aliphatic heterocycles. The highest BCUT2D eigenvalue weighted by molar-refractivity contribution is 7.98. The van der Waals surface area contributed by atoms with Gasteiger partial charge in [0.25, 0.3) is 0 Å². The maximum absolute atomic E-state index is 5.42. The van der Waals surface area contributed by atoms with Crippen molar-refractivity contribution in [2.24, 2.45) is 0 Å². The molecule has 0 aromatic carbocycles. The Kier molecular flexibility index (Phi) is 10.6. The zero-order chi connectivity index (χ0) is 8.36. The van der Waals surface area contributed by atoms with Crippen LogP contribution in [0.2, 0.25) is 0 Å². The summed E-state index contributed by atoms with van der Waals surface area (Å²) in [7, 11) is 0. The third-order valence-electron chi connectivity index (χ3n) is 1.53. The van der Waals surface area contributed by atoms with Gasteiger partial charge in [-0.1, -0.05) is 19.8 Å². The van der Waals surface area contributed by atoms with Gasteiger partial charge in [0.15, 0.2) is 0 Å². The molecule has 0 aliphatic rings. The van der Waals surface area contributed by atoms with Crippen LogP contribution in [-0.2, 0) is 4.74 Å². The van der Waals surface area contributed by atoms with Gasteiger partial charge in [-0.15, -0.1) is 0 Å². The molecule has 1 nitrogen and oxygen atoms in total. The van der Waals surface area contributed by atoms with Gasteiger partial charge in [-0.3, -0.25) is 0 Å². The lowest BCUT2D eigenvalue weighted by Gasteiger charge is -2.01. The summed E-state index contributed by atoms with van der Waals surface area (Å²) in [5, 5.41) is 0. The third kappa shape index (κ3) is 10.3. The minimum atomic E-state index is 0.949. The van der Waals surface area contributed by atoms with Crippen molar-refractivity contribution < 1.29 is 4.74 Å². The summed E-state index contributed by atoms with van der Waals surface area (Å²) in [6, 6.07) is 0. The average Bonchev–Trinajstić information content (AvgIpc) is 2.03. The SMILES string of the molecule is CCCCCOCCCSC. The van der Waals surface area contributed by atoms with Gasteiger partial charge in [0.1, 0.15) is 0 Å². The lowest BCUT2D eigenvalue weighted by atomic mass is 10.3. The second-order valence-electron chi connectivity index (χ2n) is 2.67. The fourth-order valence-electron chi connectivity index (χ4n) is 0.862. The molecule has 0 spiro atoms. The highest BCUT2D eigenvalue weighted by Crippen LogP contribution is 1.97. The summed E-state index contributed by atoms with van der Waals surface area (Å²) >= 11 is 1.89. The Morgan fingerprint density at radius 2 is 1.82 bits per heavy atom. The van der Waals surface area contributed by atoms with E-state index >= 15 is 0 Å². The maximum Gasteiger partial charge on any atom is 0.0473 e. The second-order valence-corrected chi connectivity index (χ2v) is 3.65. The summed E-state index contributed by atoms with van der Waals surface area (Å²) in [5.41, 5.74) is 0. The molecule has 0 aliphatic carbocycles. The molecule has 0 saturated carbocycles. The molecule has 0 radical (unpaired) electrons. The van der Waals surface area contributed by atoms with Crippen molar-refractivity contribution in [3.05, 3.63) is 0 Å². The minimum Gasteiger partial charge on any atom is -0.381 e. The van der Waals surface area contributed by atoms with E-state index in [1.54, 1.807) is 0 Å². The Morgan fingerprint density at radius 3 is 2.45 bits per heavy atom. The van der Waals surface area contributed by atoms with E-state index in [-0.39, 0.29) is 0 Å². The smallest absolute Gasteiger partial charge is 0.0473 e. The Balaban J connectivity index is 2.69. The summed E-state index contributed by atoms with van der Waals surface area (Å²) in [4.78, 5) is 0. The molecule has 0 atom stereocenters. The van der Waals surface area contributed by atoms with Crippen LogP contribution in [0.25, 0.3) is 0 Å². The topological polar surface area (TPSA) is 9.23 Å². The predicted molar refractivity (Wildman–Crippen MR) is 53.3 cm³/mol. The molecular formula is C9H20OS. The second kappa shape index (κ2) is 10.3. The van der Waals surface area contributed by atoms with Crippen LogP contribution in [0.4, 0.5) is 0 Å². The Bertz CT molecular complexity index is 58.6. The molecule has 0 aromatic heterocycles. The molecule has 0 aromatic rings. The first-order chi connectivity index (χ1) is 5.41. The highest BCUT2D eigenvalue weighted by Gasteiger charge is 1.88. The number of hydrogen-bond acceptors (Lipinski definition) is 2. The van der Waals surface area contributed by atoms with Crippen LogP contribution in [0.15, 0.2) is 0 Å². The molecule has 0 heterocycles. The van der Waals surface area contributed by atoms with Gasteiger partial charge in [-0.25, -0.2) is 0 Å². The molecular weight excluding hydrogens is 156 g/mol. The maximum atomic E-state index is 5.42. The molecule has 0 fully saturated rings. The lowest BCUT2D eigenvalue weighted by Crippen LogP contribution is -1.97. The zero-order valence-corrected chi connectivity index (χ0v) is 8.58. The van der Waals surface area contributed by atoms with E-state index in [0.717, 1.165) is 13.2 Å². The Morgan fingerprint density at radius 1 is 1.09 bits per heavy atom. The van der Waals surface area contributed by atoms with E-state index in [2.05, 4.69) is 13.2 Å². The number of rotatable bonds is 8. The van der Waals surface area contributed by atoms with Crippen molar-refractivity contribution in [3.63, 3.8) is 0 Å². The fourth-order valence-corrected chi connectivity index (χ4v) is 1.27. The van der Waals surface area contributed by atoms with Gasteiger partial charge in [0, 0.05) is 13.2 Å². The van der Waals surface area contributed by atoms with Gasteiger partial charge in [-0.2, -0.15) is 11.8 Å². The fraction of sp³-hybridized carbons (Fsp3) is 1.00. The number of thioether (sulfide) groups is 1. The quantitative estimate of drug-likeness (QED) is 0.526. The molecule has 0 unspecified atom stereocenters. The van der Waals surface area contributed by atoms with Gasteiger partial charge in [0.05, 0.1) is 0 Å². The monoisotopic (exact) mass is 176 g/mol. The van der Waals surface area contributed by atoms with Crippen molar-refractivity contribution in [3.8, 4) is 0 Å². The first kappa shape index (κ1) is 11.3. The Hall–Kier alpha value is 0.310. The van der Waals surface area contributed by atoms with Crippen molar-refractivity contribution in [2.45, 2.75) is 32.6 Å². The lowest BCUT2D eigenvalue weighted by molar-refractivity contribution is 0.131. The predicted octanol–water partition coefficient (Wildman–Crippen LogP) is 2.95. The highest BCUT2D eigenvalue weighted by atomic mass is 32.2. The number of hydrogen-bond donors (Lipinski definition) is 0. The molecule has 0 bridgehead atoms. The molecule has 2 heteroatoms. The van der Waals surface area contributed by atoms with E-state index in [1.165, 1.54) is 31.4 Å². The standard InChI is InChI=1S/C9H20OS/c1-3-4-5-7-10-8-6-9-11-2/h3-9H2,1-2H3. The molecule has 0 amide bonds. The van der Waals surface area contributed by atoms with Crippen molar-refractivity contribution in [2.75, 3.05) is 25.2 Å². The Labute approximate surface area is 74.9 Å². The summed E-state index contributed by atoms with van der Waals surface area (Å²) in [6.45, 7) is 4.13. The van der Waals surface area contributed by atoms with Crippen LogP contribution in [-0.4, -0.2) is 25.2 Å². The first-order valence-electron chi connectivity index (χ1n) is 4.48. The van der Waals surface area contributed by atoms with Gasteiger partial charge < -0.3 is 4.74 Å². The largest absolute Gasteiger partial charge is 0.381 e.